The molecule has 4 amide bonds. The van der Waals surface area contributed by atoms with Crippen molar-refractivity contribution in [3.05, 3.63) is 156 Å². The Hall–Kier alpha value is -8.94. The number of amides is 4. The SMILES string of the molecule is C=C(C)C(=O)OCCNC(=O)Oc1ccc(C(c2ccc(OC(=O)NCCOC=O)cc2)C(c2ccc(OC(=O)NCCOC(=O)C(=C)C)cc2)c2ccc(OC(=O)NCCOC(=O)C(=C)C)cc2)cc1. The van der Waals surface area contributed by atoms with Crippen LogP contribution >= 0.6 is 0 Å². The van der Waals surface area contributed by atoms with E-state index in [-0.39, 0.29) is 98.8 Å². The van der Waals surface area contributed by atoms with Crippen LogP contribution in [0.15, 0.2) is 134 Å². The van der Waals surface area contributed by atoms with Crippen molar-refractivity contribution in [3.63, 3.8) is 0 Å². The molecule has 0 aliphatic heterocycles. The number of ether oxygens (including phenoxy) is 8. The number of hydrogen-bond donors (Lipinski definition) is 4. The predicted molar refractivity (Wildman–Crippen MR) is 255 cm³/mol. The molecule has 0 fully saturated rings. The molecule has 0 aliphatic rings. The van der Waals surface area contributed by atoms with Crippen LogP contribution in [0.5, 0.6) is 23.0 Å². The Kier molecular flexibility index (Phi) is 21.9. The zero-order chi connectivity index (χ0) is 51.7. The first kappa shape index (κ1) is 54.7. The Morgan fingerprint density at radius 3 is 0.845 bits per heavy atom. The van der Waals surface area contributed by atoms with E-state index in [1.165, 1.54) is 20.8 Å². The van der Waals surface area contributed by atoms with Gasteiger partial charge in [0.25, 0.3) is 6.47 Å². The summed E-state index contributed by atoms with van der Waals surface area (Å²) in [6, 6.07) is 26.9. The molecule has 4 aromatic carbocycles. The van der Waals surface area contributed by atoms with E-state index in [1.54, 1.807) is 97.1 Å². The molecule has 1 unspecified atom stereocenters. The second-order valence-corrected chi connectivity index (χ2v) is 15.2. The summed E-state index contributed by atoms with van der Waals surface area (Å²) in [4.78, 5) is 96.0. The molecule has 0 bridgehead atoms. The number of carbonyl (C=O) groups is 8. The lowest BCUT2D eigenvalue weighted by Gasteiger charge is -2.30. The summed E-state index contributed by atoms with van der Waals surface area (Å²) in [7, 11) is 0. The maximum Gasteiger partial charge on any atom is 0.412 e. The number of benzene rings is 4. The van der Waals surface area contributed by atoms with Crippen molar-refractivity contribution in [2.45, 2.75) is 32.6 Å². The Morgan fingerprint density at radius 2 is 0.634 bits per heavy atom. The molecule has 20 heteroatoms. The summed E-state index contributed by atoms with van der Waals surface area (Å²) in [5, 5.41) is 10.0. The monoisotopic (exact) mass is 978 g/mol. The quantitative estimate of drug-likeness (QED) is 0.0181. The van der Waals surface area contributed by atoms with Crippen molar-refractivity contribution in [1.82, 2.24) is 21.3 Å². The summed E-state index contributed by atoms with van der Waals surface area (Å²) in [6.45, 7) is 14.9. The van der Waals surface area contributed by atoms with Crippen LogP contribution in [0.4, 0.5) is 19.2 Å². The number of nitrogens with one attached hydrogen (secondary N) is 4. The Labute approximate surface area is 409 Å². The normalized spacial score (nSPS) is 10.8. The molecule has 71 heavy (non-hydrogen) atoms. The zero-order valence-electron chi connectivity index (χ0n) is 39.3. The van der Waals surface area contributed by atoms with Crippen LogP contribution in [-0.4, -0.2) is 101 Å². The van der Waals surface area contributed by atoms with E-state index in [1.807, 2.05) is 0 Å². The van der Waals surface area contributed by atoms with Gasteiger partial charge in [-0.1, -0.05) is 68.3 Å². The smallest absolute Gasteiger partial charge is 0.412 e. The van der Waals surface area contributed by atoms with Gasteiger partial charge in [-0.05, 0) is 91.6 Å². The highest BCUT2D eigenvalue weighted by molar-refractivity contribution is 5.87. The van der Waals surface area contributed by atoms with E-state index in [4.69, 9.17) is 33.2 Å². The van der Waals surface area contributed by atoms with Crippen LogP contribution in [0.3, 0.4) is 0 Å². The molecule has 0 saturated carbocycles. The molecule has 20 nitrogen and oxygen atoms in total. The summed E-state index contributed by atoms with van der Waals surface area (Å²) >= 11 is 0. The maximum atomic E-state index is 12.7. The number of esters is 3. The Morgan fingerprint density at radius 1 is 0.408 bits per heavy atom. The van der Waals surface area contributed by atoms with E-state index in [9.17, 15) is 38.4 Å². The fraction of sp³-hybridized carbons (Fsp3) is 0.255. The van der Waals surface area contributed by atoms with Gasteiger partial charge in [0, 0.05) is 28.6 Å². The first-order chi connectivity index (χ1) is 34.0. The highest BCUT2D eigenvalue weighted by Gasteiger charge is 2.29. The Bertz CT molecular complexity index is 2430. The standard InChI is InChI=1S/C51H54N4O16/c1-32(2)45(57)65-28-24-53-49(61)69-40-17-9-36(10-18-40)43(35-7-15-39(16-8-35)68-48(60)52-23-27-64-31-56)44(37-11-19-41(20-12-37)70-50(62)54-25-29-66-46(58)33(3)4)38-13-21-42(22-14-38)71-51(63)55-26-30-67-47(59)34(5)6/h7-22,31,43-44H,1,3,5,23-30H2,2,4,6H3,(H,52,60)(H,53,61)(H,54,62)(H,55,63). The van der Waals surface area contributed by atoms with Crippen molar-refractivity contribution in [1.29, 1.82) is 0 Å². The van der Waals surface area contributed by atoms with Crippen molar-refractivity contribution in [2.75, 3.05) is 52.6 Å². The minimum atomic E-state index is -0.793. The predicted octanol–water partition coefficient (Wildman–Crippen LogP) is 6.54. The van der Waals surface area contributed by atoms with Gasteiger partial charge in [-0.25, -0.2) is 33.6 Å². The topological polar surface area (TPSA) is 259 Å². The van der Waals surface area contributed by atoms with Crippen molar-refractivity contribution in [2.24, 2.45) is 0 Å². The van der Waals surface area contributed by atoms with Crippen molar-refractivity contribution >= 4 is 48.8 Å². The molecule has 0 heterocycles. The minimum Gasteiger partial charge on any atom is -0.466 e. The average molecular weight is 979 g/mol. The first-order valence-electron chi connectivity index (χ1n) is 21.8. The molecule has 0 radical (unpaired) electrons. The fourth-order valence-corrected chi connectivity index (χ4v) is 6.22. The van der Waals surface area contributed by atoms with Gasteiger partial charge in [-0.3, -0.25) is 4.79 Å². The third kappa shape index (κ3) is 18.9. The molecule has 4 N–H and O–H groups in total. The van der Waals surface area contributed by atoms with Gasteiger partial charge < -0.3 is 59.2 Å². The highest BCUT2D eigenvalue weighted by Crippen LogP contribution is 2.44. The third-order valence-corrected chi connectivity index (χ3v) is 9.55. The minimum absolute atomic E-state index is 0.0153. The molecule has 0 spiro atoms. The van der Waals surface area contributed by atoms with Gasteiger partial charge in [0.15, 0.2) is 0 Å². The van der Waals surface area contributed by atoms with Gasteiger partial charge in [0.1, 0.15) is 49.4 Å². The molecule has 0 aliphatic carbocycles. The highest BCUT2D eigenvalue weighted by atomic mass is 16.6. The van der Waals surface area contributed by atoms with Crippen LogP contribution in [-0.2, 0) is 38.1 Å². The molecule has 374 valence electrons. The fourth-order valence-electron chi connectivity index (χ4n) is 6.22. The lowest BCUT2D eigenvalue weighted by Crippen LogP contribution is -2.30. The average Bonchev–Trinajstić information content (AvgIpc) is 3.34. The van der Waals surface area contributed by atoms with Crippen LogP contribution in [0.2, 0.25) is 0 Å². The molecule has 4 aromatic rings. The van der Waals surface area contributed by atoms with Gasteiger partial charge >= 0.3 is 42.3 Å². The lowest BCUT2D eigenvalue weighted by molar-refractivity contribution is -0.139. The maximum absolute atomic E-state index is 12.7. The van der Waals surface area contributed by atoms with E-state index < -0.39 is 54.1 Å². The lowest BCUT2D eigenvalue weighted by atomic mass is 9.73. The second kappa shape index (κ2) is 28.4. The summed E-state index contributed by atoms with van der Waals surface area (Å²) in [5.41, 5.74) is 3.52. The molecule has 0 saturated heterocycles. The van der Waals surface area contributed by atoms with Gasteiger partial charge in [0.2, 0.25) is 0 Å². The van der Waals surface area contributed by atoms with Gasteiger partial charge in [-0.2, -0.15) is 0 Å². The zero-order valence-corrected chi connectivity index (χ0v) is 39.3. The number of carbonyl (C=O) groups excluding carboxylic acids is 8. The summed E-state index contributed by atoms with van der Waals surface area (Å²) in [5.74, 6) is -2.13. The number of hydrogen-bond acceptors (Lipinski definition) is 16. The largest absolute Gasteiger partial charge is 0.466 e. The summed E-state index contributed by atoms with van der Waals surface area (Å²) in [6.07, 6.45) is -3.16. The molecule has 4 rings (SSSR count). The molecule has 1 atom stereocenters. The van der Waals surface area contributed by atoms with E-state index in [0.29, 0.717) is 0 Å². The summed E-state index contributed by atoms with van der Waals surface area (Å²) < 4.78 is 41.6. The van der Waals surface area contributed by atoms with Crippen LogP contribution in [0.25, 0.3) is 0 Å². The van der Waals surface area contributed by atoms with Crippen molar-refractivity contribution in [3.8, 4) is 23.0 Å². The van der Waals surface area contributed by atoms with E-state index >= 15 is 0 Å². The molecular formula is C51H54N4O16. The van der Waals surface area contributed by atoms with Crippen molar-refractivity contribution < 1.29 is 76.3 Å². The number of rotatable bonds is 25. The van der Waals surface area contributed by atoms with Crippen LogP contribution in [0, 0.1) is 0 Å². The first-order valence-corrected chi connectivity index (χ1v) is 21.8. The van der Waals surface area contributed by atoms with E-state index in [2.05, 4.69) is 45.7 Å². The van der Waals surface area contributed by atoms with Gasteiger partial charge in [-0.15, -0.1) is 0 Å². The van der Waals surface area contributed by atoms with Crippen LogP contribution in [0.1, 0.15) is 54.9 Å². The van der Waals surface area contributed by atoms with Crippen LogP contribution < -0.4 is 40.2 Å². The third-order valence-electron chi connectivity index (χ3n) is 9.55. The molecule has 0 aromatic heterocycles. The van der Waals surface area contributed by atoms with E-state index in [0.717, 1.165) is 22.3 Å². The molecular weight excluding hydrogens is 925 g/mol. The second-order valence-electron chi connectivity index (χ2n) is 15.2. The van der Waals surface area contributed by atoms with Gasteiger partial charge in [0.05, 0.1) is 26.2 Å². The Balaban J connectivity index is 1.68.